The highest BCUT2D eigenvalue weighted by Gasteiger charge is 2.17. The quantitative estimate of drug-likeness (QED) is 0.518. The maximum Gasteiger partial charge on any atom is 0.165 e. The molecule has 4 aromatic rings. The largest absolute Gasteiger partial charge is 0.383 e. The van der Waals surface area contributed by atoms with Crippen LogP contribution in [-0.4, -0.2) is 34.6 Å². The van der Waals surface area contributed by atoms with Gasteiger partial charge in [0.25, 0.3) is 0 Å². The Morgan fingerprint density at radius 2 is 1.90 bits per heavy atom. The average molecular weight is 418 g/mol. The zero-order chi connectivity index (χ0) is 20.5. The Bertz CT molecular complexity index is 1210. The molecule has 0 radical (unpaired) electrons. The first-order valence-corrected chi connectivity index (χ1v) is 10.2. The third-order valence-corrected chi connectivity index (χ3v) is 5.51. The first-order valence-electron chi connectivity index (χ1n) is 9.79. The second-order valence-electron chi connectivity index (χ2n) is 7.21. The van der Waals surface area contributed by atoms with E-state index in [9.17, 15) is 0 Å². The van der Waals surface area contributed by atoms with Crippen molar-refractivity contribution < 1.29 is 4.74 Å². The van der Waals surface area contributed by atoms with Crippen LogP contribution in [0.4, 0.5) is 5.82 Å². The van der Waals surface area contributed by atoms with Gasteiger partial charge in [-0.1, -0.05) is 48.0 Å². The van der Waals surface area contributed by atoms with Crippen LogP contribution in [0.1, 0.15) is 11.7 Å². The van der Waals surface area contributed by atoms with E-state index in [-0.39, 0.29) is 6.10 Å². The van der Waals surface area contributed by atoms with Crippen molar-refractivity contribution >= 4 is 28.5 Å². The molecule has 7 heteroatoms. The fourth-order valence-electron chi connectivity index (χ4n) is 3.77. The van der Waals surface area contributed by atoms with Gasteiger partial charge < -0.3 is 15.8 Å². The molecule has 30 heavy (non-hydrogen) atoms. The molecule has 3 N–H and O–H groups in total. The molecule has 1 unspecified atom stereocenters. The van der Waals surface area contributed by atoms with Crippen LogP contribution in [0.3, 0.4) is 0 Å². The van der Waals surface area contributed by atoms with Crippen LogP contribution < -0.4 is 11.1 Å². The third kappa shape index (κ3) is 3.61. The van der Waals surface area contributed by atoms with Crippen LogP contribution in [0, 0.1) is 0 Å². The Labute approximate surface area is 179 Å². The predicted molar refractivity (Wildman–Crippen MR) is 119 cm³/mol. The lowest BCUT2D eigenvalue weighted by Crippen LogP contribution is -2.33. The summed E-state index contributed by atoms with van der Waals surface area (Å²) in [6, 6.07) is 18.0. The van der Waals surface area contributed by atoms with E-state index in [2.05, 4.69) is 39.6 Å². The molecular formula is C23H20ClN5O. The van der Waals surface area contributed by atoms with E-state index in [0.29, 0.717) is 16.5 Å². The minimum Gasteiger partial charge on any atom is -0.383 e. The summed E-state index contributed by atoms with van der Waals surface area (Å²) in [6.45, 7) is 2.44. The van der Waals surface area contributed by atoms with Crippen molar-refractivity contribution in [3.8, 4) is 22.4 Å². The molecule has 6 nitrogen and oxygen atoms in total. The normalized spacial score (nSPS) is 16.6. The number of hydrogen-bond acceptors (Lipinski definition) is 6. The van der Waals surface area contributed by atoms with Gasteiger partial charge in [0.1, 0.15) is 12.1 Å². The van der Waals surface area contributed by atoms with Gasteiger partial charge in [0, 0.05) is 23.7 Å². The van der Waals surface area contributed by atoms with Crippen LogP contribution in [0.15, 0.2) is 60.9 Å². The van der Waals surface area contributed by atoms with E-state index in [1.165, 1.54) is 6.33 Å². The number of nitrogens with two attached hydrogens (primary N) is 1. The van der Waals surface area contributed by atoms with Crippen LogP contribution in [0.25, 0.3) is 33.4 Å². The number of halogens is 1. The molecule has 5 rings (SSSR count). The van der Waals surface area contributed by atoms with Crippen LogP contribution in [0.5, 0.6) is 0 Å². The number of anilines is 1. The Morgan fingerprint density at radius 1 is 1.03 bits per heavy atom. The van der Waals surface area contributed by atoms with Gasteiger partial charge in [0.05, 0.1) is 23.8 Å². The Kier molecular flexibility index (Phi) is 5.04. The maximum absolute atomic E-state index is 6.24. The summed E-state index contributed by atoms with van der Waals surface area (Å²) in [5, 5.41) is 4.74. The summed E-state index contributed by atoms with van der Waals surface area (Å²) in [5.74, 6) is 0.395. The Morgan fingerprint density at radius 3 is 2.67 bits per heavy atom. The van der Waals surface area contributed by atoms with E-state index in [0.717, 1.165) is 53.0 Å². The Balaban J connectivity index is 1.61. The third-order valence-electron chi connectivity index (χ3n) is 5.27. The molecule has 2 aromatic carbocycles. The van der Waals surface area contributed by atoms with E-state index in [4.69, 9.17) is 27.1 Å². The highest BCUT2D eigenvalue weighted by Crippen LogP contribution is 2.35. The first kappa shape index (κ1) is 18.9. The summed E-state index contributed by atoms with van der Waals surface area (Å²) < 4.78 is 5.85. The Hall–Kier alpha value is -3.06. The summed E-state index contributed by atoms with van der Waals surface area (Å²) in [5.41, 5.74) is 11.5. The molecule has 150 valence electrons. The van der Waals surface area contributed by atoms with Gasteiger partial charge in [-0.05, 0) is 34.9 Å². The molecule has 1 atom stereocenters. The zero-order valence-corrected chi connectivity index (χ0v) is 16.9. The van der Waals surface area contributed by atoms with Gasteiger partial charge in [-0.3, -0.25) is 0 Å². The van der Waals surface area contributed by atoms with E-state index in [1.54, 1.807) is 0 Å². The van der Waals surface area contributed by atoms with Gasteiger partial charge in [0.2, 0.25) is 0 Å². The number of ether oxygens (including phenoxy) is 1. The summed E-state index contributed by atoms with van der Waals surface area (Å²) in [6.07, 6.45) is 1.51. The second kappa shape index (κ2) is 7.99. The molecule has 0 amide bonds. The lowest BCUT2D eigenvalue weighted by atomic mass is 9.99. The molecule has 0 saturated carbocycles. The molecule has 1 saturated heterocycles. The molecule has 3 heterocycles. The molecule has 0 bridgehead atoms. The van der Waals surface area contributed by atoms with Gasteiger partial charge in [-0.2, -0.15) is 0 Å². The highest BCUT2D eigenvalue weighted by atomic mass is 35.5. The van der Waals surface area contributed by atoms with E-state index >= 15 is 0 Å². The number of rotatable bonds is 3. The fraction of sp³-hybridized carbons (Fsp3) is 0.174. The van der Waals surface area contributed by atoms with Gasteiger partial charge in [-0.25, -0.2) is 15.0 Å². The first-order chi connectivity index (χ1) is 14.7. The smallest absolute Gasteiger partial charge is 0.165 e. The van der Waals surface area contributed by atoms with Gasteiger partial charge >= 0.3 is 0 Å². The van der Waals surface area contributed by atoms with Gasteiger partial charge in [0.15, 0.2) is 5.65 Å². The molecule has 1 fully saturated rings. The minimum absolute atomic E-state index is 0.0759. The van der Waals surface area contributed by atoms with Crippen LogP contribution >= 0.6 is 11.6 Å². The number of nitrogens with zero attached hydrogens (tertiary/aromatic N) is 3. The van der Waals surface area contributed by atoms with Crippen molar-refractivity contribution in [3.05, 3.63) is 71.5 Å². The van der Waals surface area contributed by atoms with Crippen molar-refractivity contribution in [2.24, 2.45) is 0 Å². The van der Waals surface area contributed by atoms with Gasteiger partial charge in [-0.15, -0.1) is 0 Å². The second-order valence-corrected chi connectivity index (χ2v) is 7.64. The number of hydrogen-bond donors (Lipinski definition) is 2. The predicted octanol–water partition coefficient (Wildman–Crippen LogP) is 4.26. The van der Waals surface area contributed by atoms with Crippen molar-refractivity contribution in [1.29, 1.82) is 0 Å². The fourth-order valence-corrected chi connectivity index (χ4v) is 3.96. The molecule has 0 aliphatic carbocycles. The number of benzene rings is 2. The number of pyridine rings is 1. The lowest BCUT2D eigenvalue weighted by Gasteiger charge is -2.24. The number of fused-ring (bicyclic) bond motifs is 1. The number of morpholine rings is 1. The van der Waals surface area contributed by atoms with Crippen molar-refractivity contribution in [3.63, 3.8) is 0 Å². The zero-order valence-electron chi connectivity index (χ0n) is 16.2. The standard InChI is InChI=1S/C23H20ClN5O/c24-17-3-1-2-16(10-17)18-11-19(29-23-21(18)22(25)27-13-28-23)14-4-6-15(7-5-14)20-12-26-8-9-30-20/h1-7,10-11,13,20,26H,8-9,12H2,(H2,25,27,28,29). The molecule has 1 aliphatic rings. The van der Waals surface area contributed by atoms with Crippen molar-refractivity contribution in [2.75, 3.05) is 25.4 Å². The van der Waals surface area contributed by atoms with Crippen molar-refractivity contribution in [1.82, 2.24) is 20.3 Å². The minimum atomic E-state index is 0.0759. The maximum atomic E-state index is 6.24. The van der Waals surface area contributed by atoms with E-state index in [1.807, 2.05) is 30.3 Å². The molecular weight excluding hydrogens is 398 g/mol. The highest BCUT2D eigenvalue weighted by molar-refractivity contribution is 6.31. The monoisotopic (exact) mass is 417 g/mol. The van der Waals surface area contributed by atoms with Crippen molar-refractivity contribution in [2.45, 2.75) is 6.10 Å². The number of nitrogens with one attached hydrogen (secondary N) is 1. The topological polar surface area (TPSA) is 86.0 Å². The molecule has 0 spiro atoms. The SMILES string of the molecule is Nc1ncnc2nc(-c3ccc(C4CNCCO4)cc3)cc(-c3cccc(Cl)c3)c12. The van der Waals surface area contributed by atoms with Crippen LogP contribution in [0.2, 0.25) is 5.02 Å². The summed E-state index contributed by atoms with van der Waals surface area (Å²) in [7, 11) is 0. The van der Waals surface area contributed by atoms with Crippen LogP contribution in [-0.2, 0) is 4.74 Å². The average Bonchev–Trinajstić information content (AvgIpc) is 2.79. The summed E-state index contributed by atoms with van der Waals surface area (Å²) in [4.78, 5) is 13.3. The number of aromatic nitrogens is 3. The summed E-state index contributed by atoms with van der Waals surface area (Å²) >= 11 is 6.24. The number of nitrogen functional groups attached to an aromatic ring is 1. The molecule has 2 aromatic heterocycles. The molecule has 1 aliphatic heterocycles. The lowest BCUT2D eigenvalue weighted by molar-refractivity contribution is 0.0277. The van der Waals surface area contributed by atoms with E-state index < -0.39 is 0 Å².